The topological polar surface area (TPSA) is 37.4 Å². The predicted molar refractivity (Wildman–Crippen MR) is 88.1 cm³/mol. The molecule has 4 nitrogen and oxygen atoms in total. The lowest BCUT2D eigenvalue weighted by Crippen LogP contribution is -2.36. The Balaban J connectivity index is 2.11. The molecule has 0 aliphatic heterocycles. The van der Waals surface area contributed by atoms with E-state index in [1.54, 1.807) is 13.3 Å². The van der Waals surface area contributed by atoms with Crippen LogP contribution in [0.3, 0.4) is 0 Å². The summed E-state index contributed by atoms with van der Waals surface area (Å²) >= 11 is 6.28. The lowest BCUT2D eigenvalue weighted by Gasteiger charge is -2.30. The molecule has 0 saturated heterocycles. The molecule has 21 heavy (non-hydrogen) atoms. The maximum absolute atomic E-state index is 6.28. The van der Waals surface area contributed by atoms with Crippen molar-refractivity contribution in [1.29, 1.82) is 0 Å². The van der Waals surface area contributed by atoms with Crippen molar-refractivity contribution in [2.45, 2.75) is 51.7 Å². The molecule has 1 aromatic rings. The molecule has 1 aromatic heterocycles. The van der Waals surface area contributed by atoms with E-state index in [2.05, 4.69) is 35.1 Å². The van der Waals surface area contributed by atoms with Crippen LogP contribution in [0.5, 0.6) is 0 Å². The summed E-state index contributed by atoms with van der Waals surface area (Å²) < 4.78 is 5.22. The first-order valence-corrected chi connectivity index (χ1v) is 8.16. The van der Waals surface area contributed by atoms with E-state index in [1.807, 2.05) is 0 Å². The molecular formula is C16H26ClN3O. The quantitative estimate of drug-likeness (QED) is 0.759. The van der Waals surface area contributed by atoms with Crippen LogP contribution in [0.2, 0.25) is 5.02 Å². The Morgan fingerprint density at radius 3 is 2.90 bits per heavy atom. The Kier molecular flexibility index (Phi) is 6.27. The standard InChI is InChI=1S/C16H26ClN3O/c1-4-12(2)20(7-8-21-3)16-9-13(15(17)11-19-16)10-18-14-5-6-14/h9,11-12,14,18H,4-8,10H2,1-3H3. The van der Waals surface area contributed by atoms with Crippen LogP contribution in [0, 0.1) is 0 Å². The summed E-state index contributed by atoms with van der Waals surface area (Å²) in [5.41, 5.74) is 1.12. The van der Waals surface area contributed by atoms with Crippen LogP contribution in [-0.2, 0) is 11.3 Å². The van der Waals surface area contributed by atoms with Crippen molar-refractivity contribution in [2.75, 3.05) is 25.2 Å². The van der Waals surface area contributed by atoms with Crippen LogP contribution < -0.4 is 10.2 Å². The maximum Gasteiger partial charge on any atom is 0.129 e. The van der Waals surface area contributed by atoms with Crippen LogP contribution in [0.25, 0.3) is 0 Å². The average molecular weight is 312 g/mol. The first-order valence-electron chi connectivity index (χ1n) is 7.79. The highest BCUT2D eigenvalue weighted by Crippen LogP contribution is 2.24. The molecule has 0 bridgehead atoms. The van der Waals surface area contributed by atoms with Gasteiger partial charge < -0.3 is 15.0 Å². The molecule has 0 amide bonds. The zero-order valence-corrected chi connectivity index (χ0v) is 14.0. The van der Waals surface area contributed by atoms with Gasteiger partial charge in [-0.15, -0.1) is 0 Å². The molecule has 2 rings (SSSR count). The fourth-order valence-corrected chi connectivity index (χ4v) is 2.44. The number of halogens is 1. The second-order valence-electron chi connectivity index (χ2n) is 5.73. The minimum Gasteiger partial charge on any atom is -0.383 e. The van der Waals surface area contributed by atoms with Gasteiger partial charge >= 0.3 is 0 Å². The van der Waals surface area contributed by atoms with Crippen molar-refractivity contribution in [3.63, 3.8) is 0 Å². The molecule has 1 N–H and O–H groups in total. The van der Waals surface area contributed by atoms with Crippen molar-refractivity contribution < 1.29 is 4.74 Å². The third-order valence-electron chi connectivity index (χ3n) is 4.03. The molecule has 0 radical (unpaired) electrons. The normalized spacial score (nSPS) is 16.0. The van der Waals surface area contributed by atoms with Gasteiger partial charge in [0, 0.05) is 38.5 Å². The molecule has 1 aliphatic rings. The number of nitrogens with one attached hydrogen (secondary N) is 1. The SMILES string of the molecule is CCC(C)N(CCOC)c1cc(CNC2CC2)c(Cl)cn1. The van der Waals surface area contributed by atoms with Gasteiger partial charge in [-0.2, -0.15) is 0 Å². The molecule has 0 spiro atoms. The number of hydrogen-bond donors (Lipinski definition) is 1. The fourth-order valence-electron chi connectivity index (χ4n) is 2.27. The summed E-state index contributed by atoms with van der Waals surface area (Å²) in [7, 11) is 1.73. The van der Waals surface area contributed by atoms with Gasteiger partial charge in [-0.25, -0.2) is 4.98 Å². The summed E-state index contributed by atoms with van der Waals surface area (Å²) in [5, 5.41) is 4.25. The smallest absolute Gasteiger partial charge is 0.129 e. The molecule has 5 heteroatoms. The molecule has 1 fully saturated rings. The summed E-state index contributed by atoms with van der Waals surface area (Å²) in [4.78, 5) is 6.81. The number of nitrogens with zero attached hydrogens (tertiary/aromatic N) is 2. The van der Waals surface area contributed by atoms with E-state index >= 15 is 0 Å². The molecule has 1 atom stereocenters. The first kappa shape index (κ1) is 16.5. The third kappa shape index (κ3) is 4.83. The lowest BCUT2D eigenvalue weighted by molar-refractivity contribution is 0.203. The summed E-state index contributed by atoms with van der Waals surface area (Å²) in [6.07, 6.45) is 5.40. The van der Waals surface area contributed by atoms with Gasteiger partial charge in [0.05, 0.1) is 11.6 Å². The summed E-state index contributed by atoms with van der Waals surface area (Å²) in [5.74, 6) is 0.985. The molecule has 0 aromatic carbocycles. The van der Waals surface area contributed by atoms with E-state index in [9.17, 15) is 0 Å². The highest BCUT2D eigenvalue weighted by Gasteiger charge is 2.21. The van der Waals surface area contributed by atoms with Gasteiger partial charge in [0.1, 0.15) is 5.82 Å². The van der Waals surface area contributed by atoms with Gasteiger partial charge in [0.2, 0.25) is 0 Å². The average Bonchev–Trinajstić information content (AvgIpc) is 3.31. The molecule has 1 unspecified atom stereocenters. The second kappa shape index (κ2) is 7.97. The lowest BCUT2D eigenvalue weighted by atomic mass is 10.2. The first-order chi connectivity index (χ1) is 10.2. The Bertz CT molecular complexity index is 451. The molecule has 1 aliphatic carbocycles. The number of aromatic nitrogens is 1. The number of pyridine rings is 1. The molecule has 118 valence electrons. The van der Waals surface area contributed by atoms with Gasteiger partial charge in [-0.05, 0) is 37.8 Å². The van der Waals surface area contributed by atoms with E-state index < -0.39 is 0 Å². The van der Waals surface area contributed by atoms with Crippen LogP contribution in [0.1, 0.15) is 38.7 Å². The highest BCUT2D eigenvalue weighted by atomic mass is 35.5. The van der Waals surface area contributed by atoms with Crippen molar-refractivity contribution in [2.24, 2.45) is 0 Å². The number of methoxy groups -OCH3 is 1. The highest BCUT2D eigenvalue weighted by molar-refractivity contribution is 6.31. The number of hydrogen-bond acceptors (Lipinski definition) is 4. The minimum atomic E-state index is 0.429. The van der Waals surface area contributed by atoms with Crippen LogP contribution in [-0.4, -0.2) is 37.3 Å². The van der Waals surface area contributed by atoms with Crippen molar-refractivity contribution in [3.05, 3.63) is 22.8 Å². The Labute approximate surface area is 132 Å². The van der Waals surface area contributed by atoms with Crippen molar-refractivity contribution in [3.8, 4) is 0 Å². The molecule has 1 saturated carbocycles. The third-order valence-corrected chi connectivity index (χ3v) is 4.37. The van der Waals surface area contributed by atoms with Crippen LogP contribution in [0.15, 0.2) is 12.3 Å². The summed E-state index contributed by atoms with van der Waals surface area (Å²) in [6.45, 7) is 6.77. The van der Waals surface area contributed by atoms with E-state index in [0.29, 0.717) is 18.7 Å². The van der Waals surface area contributed by atoms with E-state index in [0.717, 1.165) is 35.9 Å². The zero-order chi connectivity index (χ0) is 15.2. The number of anilines is 1. The molecule has 1 heterocycles. The van der Waals surface area contributed by atoms with Crippen molar-refractivity contribution in [1.82, 2.24) is 10.3 Å². The van der Waals surface area contributed by atoms with Gasteiger partial charge in [0.25, 0.3) is 0 Å². The van der Waals surface area contributed by atoms with Crippen LogP contribution in [0.4, 0.5) is 5.82 Å². The number of rotatable bonds is 9. The Morgan fingerprint density at radius 2 is 2.29 bits per heavy atom. The van der Waals surface area contributed by atoms with E-state index in [1.165, 1.54) is 12.8 Å². The Morgan fingerprint density at radius 1 is 1.52 bits per heavy atom. The largest absolute Gasteiger partial charge is 0.383 e. The predicted octanol–water partition coefficient (Wildman–Crippen LogP) is 3.24. The maximum atomic E-state index is 6.28. The van der Waals surface area contributed by atoms with Gasteiger partial charge in [-0.3, -0.25) is 0 Å². The van der Waals surface area contributed by atoms with Gasteiger partial charge in [-0.1, -0.05) is 18.5 Å². The fraction of sp³-hybridized carbons (Fsp3) is 0.688. The second-order valence-corrected chi connectivity index (χ2v) is 6.14. The Hall–Kier alpha value is -0.840. The van der Waals surface area contributed by atoms with Crippen LogP contribution >= 0.6 is 11.6 Å². The number of ether oxygens (including phenoxy) is 1. The van der Waals surface area contributed by atoms with Gasteiger partial charge in [0.15, 0.2) is 0 Å². The van der Waals surface area contributed by atoms with E-state index in [4.69, 9.17) is 16.3 Å². The van der Waals surface area contributed by atoms with E-state index in [-0.39, 0.29) is 0 Å². The molecular weight excluding hydrogens is 286 g/mol. The monoisotopic (exact) mass is 311 g/mol. The van der Waals surface area contributed by atoms with Crippen molar-refractivity contribution >= 4 is 17.4 Å². The zero-order valence-electron chi connectivity index (χ0n) is 13.2. The summed E-state index contributed by atoms with van der Waals surface area (Å²) in [6, 6.07) is 3.22. The minimum absolute atomic E-state index is 0.429.